The van der Waals surface area contributed by atoms with Gasteiger partial charge in [-0.2, -0.15) is 0 Å². The second kappa shape index (κ2) is 11.9. The van der Waals surface area contributed by atoms with Crippen LogP contribution in [0, 0.1) is 6.92 Å². The van der Waals surface area contributed by atoms with Crippen LogP contribution in [0.15, 0.2) is 72.8 Å². The zero-order chi connectivity index (χ0) is 27.2. The molecule has 0 saturated carbocycles. The first-order valence-electron chi connectivity index (χ1n) is 12.1. The van der Waals surface area contributed by atoms with Gasteiger partial charge < -0.3 is 24.1 Å². The van der Waals surface area contributed by atoms with Gasteiger partial charge in [-0.05, 0) is 61.9 Å². The number of nitrogens with zero attached hydrogens (tertiary/aromatic N) is 1. The van der Waals surface area contributed by atoms with Gasteiger partial charge in [-0.15, -0.1) is 0 Å². The topological polar surface area (TPSA) is 78.8 Å². The molecule has 0 radical (unpaired) electrons. The van der Waals surface area contributed by atoms with E-state index in [1.807, 2.05) is 61.0 Å². The Morgan fingerprint density at radius 1 is 0.974 bits per heavy atom. The third-order valence-electron chi connectivity index (χ3n) is 6.20. The lowest BCUT2D eigenvalue weighted by atomic mass is 10.0. The SMILES string of the molecule is CCOC(=O)c1cc(OC)c(Cl)cc1-c1cc(C(=O)Nc2ccc(OCc3ccccc3)cc2)c(C)n1C. The minimum absolute atomic E-state index is 0.221. The molecule has 0 spiro atoms. The third kappa shape index (κ3) is 5.84. The standard InChI is InChI=1S/C30H29ClN2O5/c1-5-37-30(35)25-17-28(36-4)26(31)15-24(25)27-16-23(19(2)33(27)3)29(34)32-21-11-13-22(14-12-21)38-18-20-9-7-6-8-10-20/h6-17H,5,18H2,1-4H3,(H,32,34). The molecule has 0 saturated heterocycles. The monoisotopic (exact) mass is 532 g/mol. The summed E-state index contributed by atoms with van der Waals surface area (Å²) >= 11 is 6.40. The largest absolute Gasteiger partial charge is 0.495 e. The van der Waals surface area contributed by atoms with Crippen LogP contribution in [0.3, 0.4) is 0 Å². The van der Waals surface area contributed by atoms with E-state index in [9.17, 15) is 9.59 Å². The van der Waals surface area contributed by atoms with E-state index in [0.717, 1.165) is 11.3 Å². The van der Waals surface area contributed by atoms with Crippen molar-refractivity contribution in [2.24, 2.45) is 7.05 Å². The van der Waals surface area contributed by atoms with Crippen molar-refractivity contribution in [1.29, 1.82) is 0 Å². The highest BCUT2D eigenvalue weighted by atomic mass is 35.5. The van der Waals surface area contributed by atoms with Crippen molar-refractivity contribution in [1.82, 2.24) is 4.57 Å². The zero-order valence-corrected chi connectivity index (χ0v) is 22.5. The molecule has 4 aromatic rings. The van der Waals surface area contributed by atoms with Crippen LogP contribution in [0.1, 0.15) is 38.9 Å². The molecule has 0 atom stereocenters. The number of halogens is 1. The summed E-state index contributed by atoms with van der Waals surface area (Å²) in [6.45, 7) is 4.26. The highest BCUT2D eigenvalue weighted by Crippen LogP contribution is 2.36. The van der Waals surface area contributed by atoms with Crippen molar-refractivity contribution in [3.8, 4) is 22.8 Å². The van der Waals surface area contributed by atoms with E-state index >= 15 is 0 Å². The number of amides is 1. The molecule has 0 aliphatic heterocycles. The lowest BCUT2D eigenvalue weighted by Gasteiger charge is -2.13. The van der Waals surface area contributed by atoms with Crippen LogP contribution >= 0.6 is 11.6 Å². The fraction of sp³-hybridized carbons (Fsp3) is 0.200. The Bertz CT molecular complexity index is 1450. The number of aromatic nitrogens is 1. The van der Waals surface area contributed by atoms with E-state index in [2.05, 4.69) is 5.32 Å². The Morgan fingerprint density at radius 3 is 2.34 bits per heavy atom. The van der Waals surface area contributed by atoms with Gasteiger partial charge in [0.2, 0.25) is 0 Å². The van der Waals surface area contributed by atoms with Gasteiger partial charge in [-0.25, -0.2) is 4.79 Å². The molecular formula is C30H29ClN2O5. The highest BCUT2D eigenvalue weighted by Gasteiger charge is 2.23. The number of methoxy groups -OCH3 is 1. The van der Waals surface area contributed by atoms with Crippen molar-refractivity contribution >= 4 is 29.2 Å². The Morgan fingerprint density at radius 2 is 1.68 bits per heavy atom. The van der Waals surface area contributed by atoms with Crippen LogP contribution < -0.4 is 14.8 Å². The number of anilines is 1. The minimum Gasteiger partial charge on any atom is -0.495 e. The molecule has 0 unspecified atom stereocenters. The van der Waals surface area contributed by atoms with Crippen molar-refractivity contribution in [2.45, 2.75) is 20.5 Å². The summed E-state index contributed by atoms with van der Waals surface area (Å²) in [4.78, 5) is 26.0. The maximum Gasteiger partial charge on any atom is 0.338 e. The normalized spacial score (nSPS) is 10.7. The van der Waals surface area contributed by atoms with E-state index in [-0.39, 0.29) is 12.5 Å². The van der Waals surface area contributed by atoms with E-state index < -0.39 is 5.97 Å². The molecule has 0 bridgehead atoms. The van der Waals surface area contributed by atoms with Gasteiger partial charge in [0, 0.05) is 29.7 Å². The zero-order valence-electron chi connectivity index (χ0n) is 21.7. The number of nitrogens with one attached hydrogen (secondary N) is 1. The molecule has 4 rings (SSSR count). The van der Waals surface area contributed by atoms with Gasteiger partial charge in [0.1, 0.15) is 18.1 Å². The smallest absolute Gasteiger partial charge is 0.338 e. The molecule has 1 N–H and O–H groups in total. The quantitative estimate of drug-likeness (QED) is 0.243. The minimum atomic E-state index is -0.503. The summed E-state index contributed by atoms with van der Waals surface area (Å²) in [5.41, 5.74) is 4.38. The lowest BCUT2D eigenvalue weighted by Crippen LogP contribution is -2.12. The predicted molar refractivity (Wildman–Crippen MR) is 148 cm³/mol. The molecule has 0 aliphatic carbocycles. The molecule has 0 aliphatic rings. The molecule has 0 fully saturated rings. The summed E-state index contributed by atoms with van der Waals surface area (Å²) in [7, 11) is 3.31. The van der Waals surface area contributed by atoms with Gasteiger partial charge in [0.25, 0.3) is 5.91 Å². The van der Waals surface area contributed by atoms with Gasteiger partial charge in [0.05, 0.1) is 29.9 Å². The Hall–Kier alpha value is -4.23. The molecule has 1 aromatic heterocycles. The molecule has 1 amide bonds. The van der Waals surface area contributed by atoms with Crippen molar-refractivity contribution in [3.05, 3.63) is 100 Å². The van der Waals surface area contributed by atoms with Crippen LogP contribution in [0.5, 0.6) is 11.5 Å². The van der Waals surface area contributed by atoms with E-state index in [1.165, 1.54) is 7.11 Å². The summed E-state index contributed by atoms with van der Waals surface area (Å²) in [6.07, 6.45) is 0. The van der Waals surface area contributed by atoms with E-state index in [4.69, 9.17) is 25.8 Å². The molecule has 1 heterocycles. The number of benzene rings is 3. The molecular weight excluding hydrogens is 504 g/mol. The maximum atomic E-state index is 13.2. The Balaban J connectivity index is 1.56. The van der Waals surface area contributed by atoms with Gasteiger partial charge in [-0.3, -0.25) is 4.79 Å². The van der Waals surface area contributed by atoms with Crippen molar-refractivity contribution < 1.29 is 23.8 Å². The number of carbonyl (C=O) groups is 2. The lowest BCUT2D eigenvalue weighted by molar-refractivity contribution is 0.0526. The fourth-order valence-electron chi connectivity index (χ4n) is 4.06. The fourth-order valence-corrected chi connectivity index (χ4v) is 4.30. The third-order valence-corrected chi connectivity index (χ3v) is 6.50. The van der Waals surface area contributed by atoms with Crippen molar-refractivity contribution in [2.75, 3.05) is 19.0 Å². The van der Waals surface area contributed by atoms with E-state index in [1.54, 1.807) is 37.3 Å². The number of hydrogen-bond donors (Lipinski definition) is 1. The van der Waals surface area contributed by atoms with Crippen LogP contribution in [0.4, 0.5) is 5.69 Å². The number of ether oxygens (including phenoxy) is 3. The number of carbonyl (C=O) groups excluding carboxylic acids is 2. The molecule has 196 valence electrons. The highest BCUT2D eigenvalue weighted by molar-refractivity contribution is 6.32. The summed E-state index contributed by atoms with van der Waals surface area (Å²) in [5.74, 6) is 0.281. The van der Waals surface area contributed by atoms with E-state index in [0.29, 0.717) is 51.2 Å². The van der Waals surface area contributed by atoms with Gasteiger partial charge in [0.15, 0.2) is 0 Å². The number of hydrogen-bond acceptors (Lipinski definition) is 5. The predicted octanol–water partition coefficient (Wildman–Crippen LogP) is 6.67. The second-order valence-electron chi connectivity index (χ2n) is 8.59. The van der Waals surface area contributed by atoms with Crippen molar-refractivity contribution in [3.63, 3.8) is 0 Å². The molecule has 8 heteroatoms. The average Bonchev–Trinajstić information content (AvgIpc) is 3.22. The average molecular weight is 533 g/mol. The summed E-state index contributed by atoms with van der Waals surface area (Å²) in [5, 5.41) is 3.28. The second-order valence-corrected chi connectivity index (χ2v) is 9.00. The Labute approximate surface area is 226 Å². The molecule has 38 heavy (non-hydrogen) atoms. The summed E-state index contributed by atoms with van der Waals surface area (Å²) < 4.78 is 18.2. The molecule has 3 aromatic carbocycles. The van der Waals surface area contributed by atoms with Gasteiger partial charge in [-0.1, -0.05) is 41.9 Å². The maximum absolute atomic E-state index is 13.2. The summed E-state index contributed by atoms with van der Waals surface area (Å²) in [6, 6.07) is 22.0. The Kier molecular flexibility index (Phi) is 8.38. The van der Waals surface area contributed by atoms with Crippen LogP contribution in [-0.4, -0.2) is 30.2 Å². The van der Waals surface area contributed by atoms with Crippen LogP contribution in [0.25, 0.3) is 11.3 Å². The van der Waals surface area contributed by atoms with Gasteiger partial charge >= 0.3 is 5.97 Å². The van der Waals surface area contributed by atoms with Crippen LogP contribution in [-0.2, 0) is 18.4 Å². The first-order chi connectivity index (χ1) is 18.3. The van der Waals surface area contributed by atoms with Crippen LogP contribution in [0.2, 0.25) is 5.02 Å². The molecule has 7 nitrogen and oxygen atoms in total. The number of esters is 1. The number of rotatable bonds is 9. The first kappa shape index (κ1) is 26.8. The first-order valence-corrected chi connectivity index (χ1v) is 12.5.